The second kappa shape index (κ2) is 12.9. The molecule has 0 unspecified atom stereocenters. The van der Waals surface area contributed by atoms with Crippen molar-refractivity contribution in [2.45, 2.75) is 52.8 Å². The summed E-state index contributed by atoms with van der Waals surface area (Å²) in [6.45, 7) is 2.40. The Kier molecular flexibility index (Phi) is 10.2. The third kappa shape index (κ3) is 7.68. The third-order valence-corrected chi connectivity index (χ3v) is 5.66. The van der Waals surface area contributed by atoms with Gasteiger partial charge in [0.05, 0.1) is 24.3 Å². The smallest absolute Gasteiger partial charge is 0.387 e. The molecule has 2 rings (SSSR count). The Morgan fingerprint density at radius 3 is 2.59 bits per heavy atom. The van der Waals surface area contributed by atoms with E-state index in [1.54, 1.807) is 6.92 Å². The fraction of sp³-hybridized carbons (Fsp3) is 0.435. The first-order valence-electron chi connectivity index (χ1n) is 10.7. The van der Waals surface area contributed by atoms with Crippen molar-refractivity contribution in [2.24, 2.45) is 0 Å². The summed E-state index contributed by atoms with van der Waals surface area (Å²) in [6.07, 6.45) is 4.36. The Morgan fingerprint density at radius 2 is 1.97 bits per heavy atom. The molecule has 1 aromatic carbocycles. The standard InChI is InChI=1S/C23H28F2N2O6S/c1-5-7-14(3)26-19(28)13-27-20(12-21(29)32-6-2)34-18(22(27)30)11-15-8-9-16(33-23(24)25)17(10-15)31-4/h8-12,14,23H,5-7,13H2,1-4H3,(H,26,28)/b18-11+,20-12-/t14-/m1/s1. The van der Waals surface area contributed by atoms with Crippen LogP contribution in [0.1, 0.15) is 39.2 Å². The largest absolute Gasteiger partial charge is 0.493 e. The molecule has 1 atom stereocenters. The van der Waals surface area contributed by atoms with Gasteiger partial charge in [-0.3, -0.25) is 14.2 Å². The molecule has 186 valence electrons. The van der Waals surface area contributed by atoms with Crippen LogP contribution in [0.15, 0.2) is 23.0 Å². The molecule has 8 nitrogen and oxygen atoms in total. The molecule has 0 saturated carbocycles. The lowest BCUT2D eigenvalue weighted by Gasteiger charge is -2.12. The van der Waals surface area contributed by atoms with E-state index in [0.29, 0.717) is 5.56 Å². The molecule has 0 aliphatic rings. The molecule has 1 N–H and O–H groups in total. The minimum absolute atomic E-state index is 0.0585. The molecule has 0 radical (unpaired) electrons. The number of ether oxygens (including phenoxy) is 3. The molecule has 0 aliphatic carbocycles. The van der Waals surface area contributed by atoms with Crippen molar-refractivity contribution in [3.05, 3.63) is 43.3 Å². The van der Waals surface area contributed by atoms with Crippen LogP contribution in [-0.2, 0) is 20.9 Å². The highest BCUT2D eigenvalue weighted by Gasteiger charge is 2.14. The second-order valence-electron chi connectivity index (χ2n) is 7.28. The summed E-state index contributed by atoms with van der Waals surface area (Å²) in [7, 11) is 1.31. The lowest BCUT2D eigenvalue weighted by Crippen LogP contribution is -2.41. The highest BCUT2D eigenvalue weighted by Crippen LogP contribution is 2.29. The topological polar surface area (TPSA) is 95.9 Å². The maximum absolute atomic E-state index is 13.1. The van der Waals surface area contributed by atoms with Crippen LogP contribution < -0.4 is 29.5 Å². The van der Waals surface area contributed by atoms with Crippen molar-refractivity contribution in [3.63, 3.8) is 0 Å². The van der Waals surface area contributed by atoms with Gasteiger partial charge in [0.15, 0.2) is 11.5 Å². The number of benzene rings is 1. The summed E-state index contributed by atoms with van der Waals surface area (Å²) >= 11 is 1.00. The number of amides is 1. The third-order valence-electron chi connectivity index (χ3n) is 4.60. The average Bonchev–Trinajstić information content (AvgIpc) is 3.03. The van der Waals surface area contributed by atoms with Gasteiger partial charge in [-0.1, -0.05) is 19.4 Å². The monoisotopic (exact) mass is 498 g/mol. The van der Waals surface area contributed by atoms with Crippen LogP contribution in [0.25, 0.3) is 12.2 Å². The van der Waals surface area contributed by atoms with Gasteiger partial charge in [-0.25, -0.2) is 4.79 Å². The Balaban J connectivity index is 2.51. The van der Waals surface area contributed by atoms with E-state index in [-0.39, 0.29) is 45.8 Å². The summed E-state index contributed by atoms with van der Waals surface area (Å²) in [5, 5.41) is 2.83. The lowest BCUT2D eigenvalue weighted by molar-refractivity contribution is -0.135. The number of halogens is 2. The van der Waals surface area contributed by atoms with E-state index in [2.05, 4.69) is 10.1 Å². The maximum atomic E-state index is 13.1. The van der Waals surface area contributed by atoms with Crippen molar-refractivity contribution in [1.82, 2.24) is 9.88 Å². The molecule has 0 saturated heterocycles. The number of carbonyl (C=O) groups excluding carboxylic acids is 2. The van der Waals surface area contributed by atoms with Gasteiger partial charge >= 0.3 is 12.6 Å². The molecular formula is C23H28F2N2O6S. The minimum Gasteiger partial charge on any atom is -0.493 e. The molecule has 11 heteroatoms. The van der Waals surface area contributed by atoms with E-state index in [4.69, 9.17) is 9.47 Å². The van der Waals surface area contributed by atoms with Crippen LogP contribution >= 0.6 is 11.3 Å². The molecule has 1 aromatic heterocycles. The number of esters is 1. The van der Waals surface area contributed by atoms with Gasteiger partial charge in [-0.05, 0) is 44.0 Å². The van der Waals surface area contributed by atoms with Crippen molar-refractivity contribution in [3.8, 4) is 11.5 Å². The number of aromatic nitrogens is 1. The number of rotatable bonds is 11. The van der Waals surface area contributed by atoms with Crippen LogP contribution in [0.4, 0.5) is 8.78 Å². The first-order valence-corrected chi connectivity index (χ1v) is 11.5. The summed E-state index contributed by atoms with van der Waals surface area (Å²) in [6, 6.07) is 4.17. The zero-order chi connectivity index (χ0) is 25.3. The SMILES string of the molecule is CCC[C@@H](C)NC(=O)Cn1c(=O)/c(=C\c2ccc(OC(F)F)c(OC)c2)s/c1=C\C(=O)OCC. The molecule has 34 heavy (non-hydrogen) atoms. The first kappa shape index (κ1) is 27.0. The van der Waals surface area contributed by atoms with E-state index in [9.17, 15) is 23.2 Å². The summed E-state index contributed by atoms with van der Waals surface area (Å²) in [5.41, 5.74) is -0.00149. The van der Waals surface area contributed by atoms with Crippen LogP contribution in [0.5, 0.6) is 11.5 Å². The molecule has 2 aromatic rings. The van der Waals surface area contributed by atoms with Crippen LogP contribution in [-0.4, -0.2) is 42.8 Å². The molecule has 1 amide bonds. The van der Waals surface area contributed by atoms with Crippen molar-refractivity contribution < 1.29 is 32.6 Å². The van der Waals surface area contributed by atoms with Gasteiger partial charge in [-0.2, -0.15) is 8.78 Å². The fourth-order valence-corrected chi connectivity index (χ4v) is 4.20. The lowest BCUT2D eigenvalue weighted by atomic mass is 10.2. The Bertz CT molecular complexity index is 1180. The summed E-state index contributed by atoms with van der Waals surface area (Å²) in [4.78, 5) is 37.6. The van der Waals surface area contributed by atoms with Gasteiger partial charge in [0, 0.05) is 6.04 Å². The van der Waals surface area contributed by atoms with E-state index in [0.717, 1.165) is 30.3 Å². The maximum Gasteiger partial charge on any atom is 0.387 e. The average molecular weight is 499 g/mol. The zero-order valence-electron chi connectivity index (χ0n) is 19.4. The van der Waals surface area contributed by atoms with Crippen LogP contribution in [0, 0.1) is 0 Å². The van der Waals surface area contributed by atoms with E-state index >= 15 is 0 Å². The van der Waals surface area contributed by atoms with Crippen LogP contribution in [0.2, 0.25) is 0 Å². The van der Waals surface area contributed by atoms with Gasteiger partial charge < -0.3 is 19.5 Å². The van der Waals surface area contributed by atoms with E-state index in [1.807, 2.05) is 13.8 Å². The highest BCUT2D eigenvalue weighted by molar-refractivity contribution is 7.07. The molecule has 0 spiro atoms. The van der Waals surface area contributed by atoms with Gasteiger partial charge in [0.2, 0.25) is 5.91 Å². The van der Waals surface area contributed by atoms with E-state index in [1.165, 1.54) is 36.0 Å². The Labute approximate surface area is 199 Å². The molecule has 0 fully saturated rings. The molecule has 0 aliphatic heterocycles. The number of methoxy groups -OCH3 is 1. The number of nitrogens with one attached hydrogen (secondary N) is 1. The predicted molar refractivity (Wildman–Crippen MR) is 125 cm³/mol. The molecular weight excluding hydrogens is 470 g/mol. The normalized spacial score (nSPS) is 13.1. The van der Waals surface area contributed by atoms with Crippen molar-refractivity contribution >= 4 is 35.4 Å². The Morgan fingerprint density at radius 1 is 1.24 bits per heavy atom. The van der Waals surface area contributed by atoms with Crippen molar-refractivity contribution in [1.29, 1.82) is 0 Å². The molecule has 1 heterocycles. The van der Waals surface area contributed by atoms with Crippen LogP contribution in [0.3, 0.4) is 0 Å². The number of nitrogens with zero attached hydrogens (tertiary/aromatic N) is 1. The van der Waals surface area contributed by atoms with E-state index < -0.39 is 18.1 Å². The highest BCUT2D eigenvalue weighted by atomic mass is 32.1. The quantitative estimate of drug-likeness (QED) is 0.476. The molecule has 0 bridgehead atoms. The van der Waals surface area contributed by atoms with Gasteiger partial charge in [0.25, 0.3) is 5.56 Å². The second-order valence-corrected chi connectivity index (χ2v) is 8.34. The number of carbonyl (C=O) groups is 2. The summed E-state index contributed by atoms with van der Waals surface area (Å²) in [5.74, 6) is -1.08. The number of hydrogen-bond donors (Lipinski definition) is 1. The zero-order valence-corrected chi connectivity index (χ0v) is 20.2. The first-order chi connectivity index (χ1) is 16.2. The Hall–Kier alpha value is -3.21. The summed E-state index contributed by atoms with van der Waals surface area (Å²) < 4.78 is 41.3. The van der Waals surface area contributed by atoms with Gasteiger partial charge in [-0.15, -0.1) is 11.3 Å². The fourth-order valence-electron chi connectivity index (χ4n) is 3.17. The van der Waals surface area contributed by atoms with Gasteiger partial charge in [0.1, 0.15) is 11.2 Å². The van der Waals surface area contributed by atoms with Crippen molar-refractivity contribution in [2.75, 3.05) is 13.7 Å². The minimum atomic E-state index is -3.01. The number of alkyl halides is 2. The number of thiazole rings is 1. The number of hydrogen-bond acceptors (Lipinski definition) is 7. The predicted octanol–water partition coefficient (Wildman–Crippen LogP) is 2.00.